The van der Waals surface area contributed by atoms with Crippen LogP contribution in [-0.4, -0.2) is 31.3 Å². The van der Waals surface area contributed by atoms with E-state index in [0.717, 1.165) is 20.3 Å². The van der Waals surface area contributed by atoms with Crippen molar-refractivity contribution in [3.8, 4) is 0 Å². The maximum absolute atomic E-state index is 12.7. The lowest BCUT2D eigenvalue weighted by Gasteiger charge is -2.13. The van der Waals surface area contributed by atoms with Gasteiger partial charge in [0.25, 0.3) is 0 Å². The molecule has 0 aliphatic carbocycles. The van der Waals surface area contributed by atoms with Gasteiger partial charge in [-0.25, -0.2) is 9.97 Å². The maximum atomic E-state index is 12.7. The number of amides is 1. The molecule has 0 bridgehead atoms. The van der Waals surface area contributed by atoms with E-state index in [1.807, 2.05) is 6.92 Å². The fraction of sp³-hybridized carbons (Fsp3) is 0.471. The average Bonchev–Trinajstić information content (AvgIpc) is 3.18. The van der Waals surface area contributed by atoms with Crippen LogP contribution < -0.4 is 5.32 Å². The van der Waals surface area contributed by atoms with E-state index < -0.39 is 0 Å². The van der Waals surface area contributed by atoms with Crippen LogP contribution in [0.1, 0.15) is 48.6 Å². The Kier molecular flexibility index (Phi) is 5.89. The van der Waals surface area contributed by atoms with E-state index in [-0.39, 0.29) is 11.2 Å². The first-order valence-corrected chi connectivity index (χ1v) is 10.9. The van der Waals surface area contributed by atoms with Gasteiger partial charge in [0, 0.05) is 16.2 Å². The van der Waals surface area contributed by atoms with Crippen LogP contribution >= 0.6 is 34.4 Å². The average molecular weight is 408 g/mol. The van der Waals surface area contributed by atoms with Crippen molar-refractivity contribution in [3.63, 3.8) is 0 Å². The molecular formula is C17H21N5OS3. The fourth-order valence-electron chi connectivity index (χ4n) is 2.40. The summed E-state index contributed by atoms with van der Waals surface area (Å²) in [6.07, 6.45) is 2.27. The second-order valence-corrected chi connectivity index (χ2v) is 9.65. The minimum absolute atomic E-state index is 0.0691. The van der Waals surface area contributed by atoms with Gasteiger partial charge in [-0.15, -0.1) is 21.5 Å². The van der Waals surface area contributed by atoms with Crippen LogP contribution in [0.2, 0.25) is 0 Å². The molecule has 6 nitrogen and oxygen atoms in total. The van der Waals surface area contributed by atoms with Gasteiger partial charge < -0.3 is 0 Å². The molecule has 0 radical (unpaired) electrons. The van der Waals surface area contributed by atoms with Crippen molar-refractivity contribution in [2.24, 2.45) is 0 Å². The number of fused-ring (bicyclic) bond motifs is 1. The van der Waals surface area contributed by atoms with Crippen molar-refractivity contribution in [2.45, 2.75) is 57.2 Å². The summed E-state index contributed by atoms with van der Waals surface area (Å²) in [6, 6.07) is 0. The Hall–Kier alpha value is -1.58. The molecule has 26 heavy (non-hydrogen) atoms. The number of thiophene rings is 1. The normalized spacial score (nSPS) is 12.7. The zero-order chi connectivity index (χ0) is 18.8. The van der Waals surface area contributed by atoms with Gasteiger partial charge in [0.2, 0.25) is 11.0 Å². The molecule has 1 atom stereocenters. The molecule has 0 saturated heterocycles. The third kappa shape index (κ3) is 3.89. The van der Waals surface area contributed by atoms with Crippen LogP contribution in [-0.2, 0) is 4.79 Å². The first kappa shape index (κ1) is 19.2. The molecule has 0 aromatic carbocycles. The number of nitrogens with zero attached hydrogens (tertiary/aromatic N) is 4. The molecule has 9 heteroatoms. The Labute approximate surface area is 164 Å². The van der Waals surface area contributed by atoms with Crippen LogP contribution in [0.3, 0.4) is 0 Å². The van der Waals surface area contributed by atoms with Crippen LogP contribution in [0.4, 0.5) is 5.13 Å². The number of aromatic nitrogens is 4. The Morgan fingerprint density at radius 3 is 2.65 bits per heavy atom. The van der Waals surface area contributed by atoms with Gasteiger partial charge in [0.15, 0.2) is 0 Å². The molecule has 0 spiro atoms. The highest BCUT2D eigenvalue weighted by atomic mass is 32.2. The highest BCUT2D eigenvalue weighted by Crippen LogP contribution is 2.37. The Bertz CT molecular complexity index is 934. The van der Waals surface area contributed by atoms with Crippen LogP contribution in [0.15, 0.2) is 11.4 Å². The molecule has 138 valence electrons. The highest BCUT2D eigenvalue weighted by molar-refractivity contribution is 8.00. The van der Waals surface area contributed by atoms with Crippen LogP contribution in [0.25, 0.3) is 10.2 Å². The third-order valence-corrected chi connectivity index (χ3v) is 7.63. The maximum Gasteiger partial charge on any atom is 0.239 e. The molecule has 3 aromatic heterocycles. The minimum atomic E-state index is -0.251. The predicted octanol–water partition coefficient (Wildman–Crippen LogP) is 4.79. The molecule has 1 N–H and O–H groups in total. The molecule has 1 amide bonds. The monoisotopic (exact) mass is 407 g/mol. The van der Waals surface area contributed by atoms with E-state index in [0.29, 0.717) is 17.5 Å². The largest absolute Gasteiger partial charge is 0.300 e. The lowest BCUT2D eigenvalue weighted by atomic mass is 10.2. The van der Waals surface area contributed by atoms with Crippen molar-refractivity contribution in [1.29, 1.82) is 0 Å². The van der Waals surface area contributed by atoms with Crippen molar-refractivity contribution in [3.05, 3.63) is 21.8 Å². The van der Waals surface area contributed by atoms with E-state index in [2.05, 4.69) is 53.2 Å². The standard InChI is InChI=1S/C17H21N5OS3/c1-6-11(13(23)20-17-22-21-14(26-17)8(2)3)25-16-12-9(4)10(5)24-15(12)18-7-19-16/h7-8,11H,6H2,1-5H3,(H,20,22,23). The lowest BCUT2D eigenvalue weighted by molar-refractivity contribution is -0.115. The molecule has 3 rings (SSSR count). The molecular weight excluding hydrogens is 386 g/mol. The number of hydrogen-bond acceptors (Lipinski definition) is 8. The number of carbonyl (C=O) groups is 1. The molecule has 1 unspecified atom stereocenters. The lowest BCUT2D eigenvalue weighted by Crippen LogP contribution is -2.24. The van der Waals surface area contributed by atoms with Crippen LogP contribution in [0.5, 0.6) is 0 Å². The third-order valence-electron chi connectivity index (χ3n) is 4.01. The summed E-state index contributed by atoms with van der Waals surface area (Å²) in [7, 11) is 0. The second kappa shape index (κ2) is 7.98. The van der Waals surface area contributed by atoms with Gasteiger partial charge in [0.1, 0.15) is 21.2 Å². The van der Waals surface area contributed by atoms with E-state index in [4.69, 9.17) is 0 Å². The summed E-state index contributed by atoms with van der Waals surface area (Å²) in [5.74, 6) is 0.230. The van der Waals surface area contributed by atoms with Crippen molar-refractivity contribution in [2.75, 3.05) is 5.32 Å². The fourth-order valence-corrected chi connectivity index (χ4v) is 5.29. The first-order valence-electron chi connectivity index (χ1n) is 8.42. The molecule has 0 aliphatic heterocycles. The van der Waals surface area contributed by atoms with Gasteiger partial charge >= 0.3 is 0 Å². The van der Waals surface area contributed by atoms with Gasteiger partial charge in [-0.1, -0.05) is 43.9 Å². The second-order valence-electron chi connectivity index (χ2n) is 6.25. The summed E-state index contributed by atoms with van der Waals surface area (Å²) < 4.78 is 0. The van der Waals surface area contributed by atoms with Crippen molar-refractivity contribution < 1.29 is 4.79 Å². The number of hydrogen-bond donors (Lipinski definition) is 1. The predicted molar refractivity (Wildman–Crippen MR) is 109 cm³/mol. The van der Waals surface area contributed by atoms with Gasteiger partial charge in [0.05, 0.1) is 5.25 Å². The highest BCUT2D eigenvalue weighted by Gasteiger charge is 2.23. The van der Waals surface area contributed by atoms with Crippen molar-refractivity contribution >= 4 is 55.7 Å². The number of anilines is 1. The zero-order valence-corrected chi connectivity index (χ0v) is 17.8. The quantitative estimate of drug-likeness (QED) is 0.467. The Morgan fingerprint density at radius 1 is 1.23 bits per heavy atom. The molecule has 0 saturated carbocycles. The summed E-state index contributed by atoms with van der Waals surface area (Å²) in [6.45, 7) is 10.3. The number of rotatable bonds is 6. The van der Waals surface area contributed by atoms with E-state index in [1.165, 1.54) is 33.5 Å². The smallest absolute Gasteiger partial charge is 0.239 e. The Balaban J connectivity index is 1.80. The summed E-state index contributed by atoms with van der Waals surface area (Å²) >= 11 is 4.57. The zero-order valence-electron chi connectivity index (χ0n) is 15.4. The topological polar surface area (TPSA) is 80.7 Å². The number of carbonyl (C=O) groups excluding carboxylic acids is 1. The number of thioether (sulfide) groups is 1. The minimum Gasteiger partial charge on any atom is -0.300 e. The van der Waals surface area contributed by atoms with E-state index in [9.17, 15) is 4.79 Å². The van der Waals surface area contributed by atoms with Gasteiger partial charge in [-0.05, 0) is 25.8 Å². The SMILES string of the molecule is CCC(Sc1ncnc2sc(C)c(C)c12)C(=O)Nc1nnc(C(C)C)s1. The summed E-state index contributed by atoms with van der Waals surface area (Å²) in [4.78, 5) is 23.7. The van der Waals surface area contributed by atoms with Crippen LogP contribution in [0, 0.1) is 13.8 Å². The number of aryl methyl sites for hydroxylation is 2. The Morgan fingerprint density at radius 2 is 2.00 bits per heavy atom. The first-order chi connectivity index (χ1) is 12.4. The molecule has 3 heterocycles. The van der Waals surface area contributed by atoms with E-state index >= 15 is 0 Å². The van der Waals surface area contributed by atoms with Crippen molar-refractivity contribution in [1.82, 2.24) is 20.2 Å². The summed E-state index contributed by atoms with van der Waals surface area (Å²) in [5.41, 5.74) is 1.19. The van der Waals surface area contributed by atoms with Gasteiger partial charge in [-0.2, -0.15) is 0 Å². The number of nitrogens with one attached hydrogen (secondary N) is 1. The molecule has 0 fully saturated rings. The summed E-state index contributed by atoms with van der Waals surface area (Å²) in [5, 5.41) is 14.2. The molecule has 0 aliphatic rings. The molecule has 3 aromatic rings. The van der Waals surface area contributed by atoms with E-state index in [1.54, 1.807) is 17.7 Å². The van der Waals surface area contributed by atoms with Gasteiger partial charge in [-0.3, -0.25) is 10.1 Å².